The normalized spacial score (nSPS) is 14.7. The fourth-order valence-electron chi connectivity index (χ4n) is 3.74. The van der Waals surface area contributed by atoms with Gasteiger partial charge in [0.05, 0.1) is 22.5 Å². The number of rotatable bonds is 4. The van der Waals surface area contributed by atoms with Crippen molar-refractivity contribution in [3.05, 3.63) is 64.1 Å². The second-order valence-electron chi connectivity index (χ2n) is 7.99. The van der Waals surface area contributed by atoms with E-state index in [0.29, 0.717) is 38.4 Å². The van der Waals surface area contributed by atoms with E-state index < -0.39 is 40.6 Å². The SMILES string of the molecule is CN1CCN(c2cc(F)c(-c3cnc(O)nc3)cc2NC(=O)c2c[nH]c(=O)cc2C(F)(F)F)CC1. The largest absolute Gasteiger partial charge is 0.479 e. The zero-order valence-corrected chi connectivity index (χ0v) is 18.4. The lowest BCUT2D eigenvalue weighted by atomic mass is 10.0. The molecule has 0 saturated carbocycles. The Morgan fingerprint density at radius 3 is 2.40 bits per heavy atom. The molecule has 0 atom stereocenters. The maximum absolute atomic E-state index is 15.1. The highest BCUT2D eigenvalue weighted by Gasteiger charge is 2.36. The van der Waals surface area contributed by atoms with Crippen molar-refractivity contribution < 1.29 is 27.5 Å². The Balaban J connectivity index is 1.78. The van der Waals surface area contributed by atoms with Gasteiger partial charge in [0.2, 0.25) is 5.56 Å². The third-order valence-corrected chi connectivity index (χ3v) is 5.60. The van der Waals surface area contributed by atoms with E-state index in [2.05, 4.69) is 25.2 Å². The highest BCUT2D eigenvalue weighted by Crippen LogP contribution is 2.36. The molecule has 184 valence electrons. The molecule has 0 unspecified atom stereocenters. The molecular formula is C22H20F4N6O3. The van der Waals surface area contributed by atoms with Crippen molar-refractivity contribution in [1.82, 2.24) is 19.9 Å². The summed E-state index contributed by atoms with van der Waals surface area (Å²) >= 11 is 0. The van der Waals surface area contributed by atoms with E-state index in [0.717, 1.165) is 0 Å². The van der Waals surface area contributed by atoms with Crippen molar-refractivity contribution in [2.24, 2.45) is 0 Å². The third-order valence-electron chi connectivity index (χ3n) is 5.60. The number of aromatic hydroxyl groups is 1. The number of alkyl halides is 3. The molecule has 2 aromatic heterocycles. The molecule has 9 nitrogen and oxygen atoms in total. The molecule has 3 N–H and O–H groups in total. The van der Waals surface area contributed by atoms with Crippen LogP contribution in [0.15, 0.2) is 41.6 Å². The van der Waals surface area contributed by atoms with E-state index in [1.54, 1.807) is 0 Å². The van der Waals surface area contributed by atoms with Gasteiger partial charge >= 0.3 is 12.2 Å². The fraction of sp³-hybridized carbons (Fsp3) is 0.273. The Bertz CT molecular complexity index is 1300. The van der Waals surface area contributed by atoms with Gasteiger partial charge in [0.1, 0.15) is 5.82 Å². The molecule has 0 spiro atoms. The smallest absolute Gasteiger partial charge is 0.417 e. The summed E-state index contributed by atoms with van der Waals surface area (Å²) in [6.45, 7) is 2.29. The zero-order chi connectivity index (χ0) is 25.3. The van der Waals surface area contributed by atoms with Gasteiger partial charge in [-0.05, 0) is 19.2 Å². The van der Waals surface area contributed by atoms with E-state index in [1.165, 1.54) is 24.5 Å². The number of pyridine rings is 1. The van der Waals surface area contributed by atoms with Crippen molar-refractivity contribution in [1.29, 1.82) is 0 Å². The Labute approximate surface area is 196 Å². The first-order chi connectivity index (χ1) is 16.5. The maximum atomic E-state index is 15.1. The fourth-order valence-corrected chi connectivity index (χ4v) is 3.74. The van der Waals surface area contributed by atoms with Crippen LogP contribution in [0.4, 0.5) is 28.9 Å². The van der Waals surface area contributed by atoms with Crippen molar-refractivity contribution in [3.8, 4) is 17.1 Å². The van der Waals surface area contributed by atoms with Gasteiger partial charge in [-0.25, -0.2) is 14.4 Å². The number of amides is 1. The van der Waals surface area contributed by atoms with Crippen LogP contribution in [0.2, 0.25) is 0 Å². The first kappa shape index (κ1) is 24.1. The third kappa shape index (κ3) is 5.24. The number of H-pyrrole nitrogens is 1. The quantitative estimate of drug-likeness (QED) is 0.480. The standard InChI is InChI=1S/C22H20F4N6O3/c1-31-2-4-32(5-3-31)18-8-16(23)13(12-9-28-21(35)29-10-12)6-17(18)30-20(34)14-11-27-19(33)7-15(14)22(24,25)26/h6-11H,2-5H2,1H3,(H,27,33)(H,30,34)(H,28,29,35). The van der Waals surface area contributed by atoms with E-state index >= 15 is 4.39 Å². The number of nitrogens with one attached hydrogen (secondary N) is 2. The molecule has 35 heavy (non-hydrogen) atoms. The summed E-state index contributed by atoms with van der Waals surface area (Å²) in [5.74, 6) is -1.81. The van der Waals surface area contributed by atoms with E-state index in [1.807, 2.05) is 11.9 Å². The number of likely N-dealkylation sites (N-methyl/N-ethyl adjacent to an activating group) is 1. The lowest BCUT2D eigenvalue weighted by molar-refractivity contribution is -0.138. The molecule has 1 aliphatic heterocycles. The highest BCUT2D eigenvalue weighted by molar-refractivity contribution is 6.07. The topological polar surface area (TPSA) is 114 Å². The molecule has 1 fully saturated rings. The molecule has 3 aromatic rings. The molecule has 1 amide bonds. The summed E-state index contributed by atoms with van der Waals surface area (Å²) in [5.41, 5.74) is -2.71. The molecule has 3 heterocycles. The molecule has 13 heteroatoms. The lowest BCUT2D eigenvalue weighted by Gasteiger charge is -2.35. The lowest BCUT2D eigenvalue weighted by Crippen LogP contribution is -2.44. The van der Waals surface area contributed by atoms with E-state index in [9.17, 15) is 27.9 Å². The second kappa shape index (κ2) is 9.33. The number of anilines is 2. The van der Waals surface area contributed by atoms with Crippen LogP contribution < -0.4 is 15.8 Å². The molecule has 1 saturated heterocycles. The number of hydrogen-bond donors (Lipinski definition) is 3. The summed E-state index contributed by atoms with van der Waals surface area (Å²) in [4.78, 5) is 37.6. The van der Waals surface area contributed by atoms with Crippen molar-refractivity contribution >= 4 is 17.3 Å². The average Bonchev–Trinajstić information content (AvgIpc) is 2.80. The van der Waals surface area contributed by atoms with Gasteiger partial charge in [0.25, 0.3) is 5.91 Å². The van der Waals surface area contributed by atoms with Crippen LogP contribution in [-0.4, -0.2) is 64.1 Å². The Morgan fingerprint density at radius 1 is 1.11 bits per heavy atom. The average molecular weight is 492 g/mol. The molecular weight excluding hydrogens is 472 g/mol. The predicted octanol–water partition coefficient (Wildman–Crippen LogP) is 2.70. The summed E-state index contributed by atoms with van der Waals surface area (Å²) in [5, 5.41) is 11.8. The number of benzene rings is 1. The Hall–Kier alpha value is -4.00. The maximum Gasteiger partial charge on any atom is 0.417 e. The molecule has 0 radical (unpaired) electrons. The van der Waals surface area contributed by atoms with Crippen molar-refractivity contribution in [2.45, 2.75) is 6.18 Å². The van der Waals surface area contributed by atoms with E-state index in [-0.39, 0.29) is 22.5 Å². The van der Waals surface area contributed by atoms with E-state index in [4.69, 9.17) is 0 Å². The van der Waals surface area contributed by atoms with Crippen molar-refractivity contribution in [2.75, 3.05) is 43.4 Å². The van der Waals surface area contributed by atoms with Crippen LogP contribution in [0.5, 0.6) is 6.01 Å². The predicted molar refractivity (Wildman–Crippen MR) is 119 cm³/mol. The van der Waals surface area contributed by atoms with Crippen LogP contribution in [-0.2, 0) is 6.18 Å². The van der Waals surface area contributed by atoms with Gasteiger partial charge in [-0.1, -0.05) is 0 Å². The number of hydrogen-bond acceptors (Lipinski definition) is 7. The Morgan fingerprint density at radius 2 is 1.77 bits per heavy atom. The molecule has 4 rings (SSSR count). The van der Waals surface area contributed by atoms with Gasteiger partial charge in [0, 0.05) is 62.0 Å². The number of nitrogens with zero attached hydrogens (tertiary/aromatic N) is 4. The summed E-state index contributed by atoms with van der Waals surface area (Å²) in [7, 11) is 1.92. The zero-order valence-electron chi connectivity index (χ0n) is 18.4. The van der Waals surface area contributed by atoms with Gasteiger partial charge in [-0.3, -0.25) is 9.59 Å². The van der Waals surface area contributed by atoms with Gasteiger partial charge in [0.15, 0.2) is 0 Å². The van der Waals surface area contributed by atoms with Crippen LogP contribution in [0.1, 0.15) is 15.9 Å². The Kier molecular flexibility index (Phi) is 6.43. The molecule has 1 aromatic carbocycles. The second-order valence-corrected chi connectivity index (χ2v) is 7.99. The van der Waals surface area contributed by atoms with Crippen LogP contribution in [0, 0.1) is 5.82 Å². The minimum absolute atomic E-state index is 0.0318. The minimum Gasteiger partial charge on any atom is -0.479 e. The van der Waals surface area contributed by atoms with Gasteiger partial charge in [-0.15, -0.1) is 0 Å². The first-order valence-corrected chi connectivity index (χ1v) is 10.4. The van der Waals surface area contributed by atoms with Crippen LogP contribution in [0.3, 0.4) is 0 Å². The number of aromatic nitrogens is 3. The summed E-state index contributed by atoms with van der Waals surface area (Å²) in [6, 6.07) is 2.24. The first-order valence-electron chi connectivity index (χ1n) is 10.4. The molecule has 1 aliphatic rings. The number of halogens is 4. The monoisotopic (exact) mass is 492 g/mol. The number of piperazine rings is 1. The van der Waals surface area contributed by atoms with Gasteiger partial charge < -0.3 is 25.2 Å². The van der Waals surface area contributed by atoms with Crippen LogP contribution in [0.25, 0.3) is 11.1 Å². The van der Waals surface area contributed by atoms with Gasteiger partial charge in [-0.2, -0.15) is 13.2 Å². The molecule has 0 aliphatic carbocycles. The number of aromatic amines is 1. The number of carbonyl (C=O) groups excluding carboxylic acids is 1. The van der Waals surface area contributed by atoms with Crippen molar-refractivity contribution in [3.63, 3.8) is 0 Å². The highest BCUT2D eigenvalue weighted by atomic mass is 19.4. The van der Waals surface area contributed by atoms with Crippen LogP contribution >= 0.6 is 0 Å². The molecule has 0 bridgehead atoms. The summed E-state index contributed by atoms with van der Waals surface area (Å²) in [6.07, 6.45) is -1.91. The minimum atomic E-state index is -4.95. The summed E-state index contributed by atoms with van der Waals surface area (Å²) < 4.78 is 55.5. The number of carbonyl (C=O) groups is 1.